The van der Waals surface area contributed by atoms with E-state index in [-0.39, 0.29) is 17.4 Å². The first kappa shape index (κ1) is 20.0. The summed E-state index contributed by atoms with van der Waals surface area (Å²) >= 11 is 1.31. The number of tetrazole rings is 1. The predicted octanol–water partition coefficient (Wildman–Crippen LogP) is 4.24. The Morgan fingerprint density at radius 1 is 1.07 bits per heavy atom. The number of carbonyl (C=O) groups is 1. The lowest BCUT2D eigenvalue weighted by molar-refractivity contribution is 0.102. The van der Waals surface area contributed by atoms with Crippen LogP contribution in [0.5, 0.6) is 0 Å². The maximum Gasteiger partial charge on any atom is 0.214 e. The molecule has 0 aliphatic heterocycles. The topological polar surface area (TPSA) is 65.6 Å². The molecule has 0 aliphatic carbocycles. The van der Waals surface area contributed by atoms with E-state index in [1.807, 2.05) is 50.2 Å². The van der Waals surface area contributed by atoms with Gasteiger partial charge in [0.05, 0.1) is 11.4 Å². The zero-order valence-electron chi connectivity index (χ0n) is 16.6. The molecular weight excluding hydrogens is 401 g/mol. The van der Waals surface area contributed by atoms with Gasteiger partial charge >= 0.3 is 0 Å². The molecule has 0 N–H and O–H groups in total. The molecule has 0 bridgehead atoms. The molecule has 2 heterocycles. The number of hydrogen-bond donors (Lipinski definition) is 0. The van der Waals surface area contributed by atoms with E-state index in [9.17, 15) is 9.18 Å². The fraction of sp³-hybridized carbons (Fsp3) is 0.182. The molecule has 0 radical (unpaired) electrons. The van der Waals surface area contributed by atoms with Gasteiger partial charge in [0, 0.05) is 23.5 Å². The normalized spacial score (nSPS) is 11.0. The van der Waals surface area contributed by atoms with E-state index in [4.69, 9.17) is 0 Å². The van der Waals surface area contributed by atoms with Gasteiger partial charge in [0.25, 0.3) is 0 Å². The first-order valence-electron chi connectivity index (χ1n) is 9.44. The van der Waals surface area contributed by atoms with Crippen LogP contribution >= 0.6 is 11.8 Å². The smallest absolute Gasteiger partial charge is 0.214 e. The number of carbonyl (C=O) groups excluding carboxylic acids is 1. The number of para-hydroxylation sites is 1. The van der Waals surface area contributed by atoms with Crippen LogP contribution in [0.25, 0.3) is 5.69 Å². The molecular formula is C22H20FN5OS. The predicted molar refractivity (Wildman–Crippen MR) is 114 cm³/mol. The highest BCUT2D eigenvalue weighted by Gasteiger charge is 2.18. The number of hydrogen-bond acceptors (Lipinski definition) is 5. The van der Waals surface area contributed by atoms with E-state index < -0.39 is 0 Å². The molecule has 8 heteroatoms. The van der Waals surface area contributed by atoms with E-state index in [0.717, 1.165) is 22.6 Å². The molecule has 2 aromatic heterocycles. The van der Waals surface area contributed by atoms with Crippen molar-refractivity contribution in [2.75, 3.05) is 5.75 Å². The number of rotatable bonds is 7. The summed E-state index contributed by atoms with van der Waals surface area (Å²) in [5.74, 6) is -0.0138. The van der Waals surface area contributed by atoms with Crippen LogP contribution in [0.1, 0.15) is 27.3 Å². The molecule has 30 heavy (non-hydrogen) atoms. The minimum atomic E-state index is -0.259. The summed E-state index contributed by atoms with van der Waals surface area (Å²) in [6.45, 7) is 4.49. The highest BCUT2D eigenvalue weighted by molar-refractivity contribution is 7.99. The Balaban J connectivity index is 1.49. The third-order valence-electron chi connectivity index (χ3n) is 4.90. The lowest BCUT2D eigenvalue weighted by atomic mass is 10.2. The summed E-state index contributed by atoms with van der Waals surface area (Å²) in [5.41, 5.74) is 4.38. The standard InChI is InChI=1S/C22H20FN5OS/c1-15-12-20(16(2)27(15)13-17-8-10-18(23)11-9-17)21(29)14-30-22-24-25-26-28(22)19-6-4-3-5-7-19/h3-12H,13-14H2,1-2H3. The van der Waals surface area contributed by atoms with Gasteiger partial charge in [-0.05, 0) is 60.2 Å². The lowest BCUT2D eigenvalue weighted by Gasteiger charge is -2.10. The molecule has 4 rings (SSSR count). The lowest BCUT2D eigenvalue weighted by Crippen LogP contribution is -2.08. The van der Waals surface area contributed by atoms with Crippen LogP contribution in [0.15, 0.2) is 65.8 Å². The fourth-order valence-electron chi connectivity index (χ4n) is 3.31. The van der Waals surface area contributed by atoms with Crippen LogP contribution in [0.2, 0.25) is 0 Å². The van der Waals surface area contributed by atoms with E-state index in [1.54, 1.807) is 16.8 Å². The maximum atomic E-state index is 13.2. The molecule has 0 aliphatic rings. The van der Waals surface area contributed by atoms with Gasteiger partial charge in [-0.1, -0.05) is 42.1 Å². The summed E-state index contributed by atoms with van der Waals surface area (Å²) in [5, 5.41) is 12.4. The summed E-state index contributed by atoms with van der Waals surface area (Å²) < 4.78 is 16.9. The second-order valence-corrected chi connectivity index (χ2v) is 7.86. The molecule has 4 aromatic rings. The molecule has 0 amide bonds. The van der Waals surface area contributed by atoms with Crippen molar-refractivity contribution >= 4 is 17.5 Å². The van der Waals surface area contributed by atoms with Gasteiger partial charge in [0.15, 0.2) is 5.78 Å². The van der Waals surface area contributed by atoms with E-state index >= 15 is 0 Å². The van der Waals surface area contributed by atoms with Crippen LogP contribution in [0.3, 0.4) is 0 Å². The fourth-order valence-corrected chi connectivity index (χ4v) is 4.08. The first-order chi connectivity index (χ1) is 14.5. The second-order valence-electron chi connectivity index (χ2n) is 6.92. The third kappa shape index (κ3) is 4.18. The number of aryl methyl sites for hydroxylation is 1. The maximum absolute atomic E-state index is 13.2. The molecule has 0 atom stereocenters. The van der Waals surface area contributed by atoms with Gasteiger partial charge in [0.1, 0.15) is 5.82 Å². The van der Waals surface area contributed by atoms with Crippen LogP contribution in [-0.2, 0) is 6.54 Å². The zero-order chi connectivity index (χ0) is 21.1. The molecule has 6 nitrogen and oxygen atoms in total. The Hall–Kier alpha value is -3.26. The molecule has 0 saturated heterocycles. The van der Waals surface area contributed by atoms with Crippen molar-refractivity contribution in [2.24, 2.45) is 0 Å². The average molecular weight is 422 g/mol. The number of benzene rings is 2. The SMILES string of the molecule is Cc1cc(C(=O)CSc2nnnn2-c2ccccc2)c(C)n1Cc1ccc(F)cc1. The Kier molecular flexibility index (Phi) is 5.76. The van der Waals surface area contributed by atoms with Gasteiger partial charge in [-0.2, -0.15) is 4.68 Å². The van der Waals surface area contributed by atoms with Crippen molar-refractivity contribution in [1.82, 2.24) is 24.8 Å². The van der Waals surface area contributed by atoms with Gasteiger partial charge < -0.3 is 4.57 Å². The molecule has 2 aromatic carbocycles. The first-order valence-corrected chi connectivity index (χ1v) is 10.4. The van der Waals surface area contributed by atoms with Gasteiger partial charge in [-0.3, -0.25) is 4.79 Å². The summed E-state index contributed by atoms with van der Waals surface area (Å²) in [4.78, 5) is 12.9. The number of ketones is 1. The number of Topliss-reactive ketones (excluding diaryl/α,β-unsaturated/α-hetero) is 1. The quantitative estimate of drug-likeness (QED) is 0.330. The van der Waals surface area contributed by atoms with E-state index in [0.29, 0.717) is 17.3 Å². The minimum Gasteiger partial charge on any atom is -0.344 e. The monoisotopic (exact) mass is 421 g/mol. The van der Waals surface area contributed by atoms with Crippen molar-refractivity contribution in [2.45, 2.75) is 25.5 Å². The van der Waals surface area contributed by atoms with Crippen LogP contribution in [0, 0.1) is 19.7 Å². The summed E-state index contributed by atoms with van der Waals surface area (Å²) in [6.07, 6.45) is 0. The molecule has 0 fully saturated rings. The zero-order valence-corrected chi connectivity index (χ0v) is 17.4. The summed E-state index contributed by atoms with van der Waals surface area (Å²) in [7, 11) is 0. The molecule has 0 saturated carbocycles. The number of nitrogens with zero attached hydrogens (tertiary/aromatic N) is 5. The second kappa shape index (κ2) is 8.62. The third-order valence-corrected chi connectivity index (χ3v) is 5.82. The van der Waals surface area contributed by atoms with Crippen molar-refractivity contribution in [3.8, 4) is 5.69 Å². The van der Waals surface area contributed by atoms with E-state index in [1.165, 1.54) is 23.9 Å². The largest absolute Gasteiger partial charge is 0.344 e. The Morgan fingerprint density at radius 2 is 1.80 bits per heavy atom. The van der Waals surface area contributed by atoms with E-state index in [2.05, 4.69) is 20.1 Å². The van der Waals surface area contributed by atoms with Crippen molar-refractivity contribution in [3.63, 3.8) is 0 Å². The molecule has 0 unspecified atom stereocenters. The summed E-state index contributed by atoms with van der Waals surface area (Å²) in [6, 6.07) is 17.9. The molecule has 152 valence electrons. The molecule has 0 spiro atoms. The number of halogens is 1. The highest BCUT2D eigenvalue weighted by Crippen LogP contribution is 2.23. The van der Waals surface area contributed by atoms with Gasteiger partial charge in [-0.25, -0.2) is 4.39 Å². The van der Waals surface area contributed by atoms with Gasteiger partial charge in [-0.15, -0.1) is 5.10 Å². The highest BCUT2D eigenvalue weighted by atomic mass is 32.2. The van der Waals surface area contributed by atoms with Crippen molar-refractivity contribution in [3.05, 3.63) is 89.0 Å². The van der Waals surface area contributed by atoms with Crippen LogP contribution in [0.4, 0.5) is 4.39 Å². The number of aromatic nitrogens is 5. The van der Waals surface area contributed by atoms with Crippen molar-refractivity contribution in [1.29, 1.82) is 0 Å². The van der Waals surface area contributed by atoms with Crippen LogP contribution in [-0.4, -0.2) is 36.3 Å². The van der Waals surface area contributed by atoms with Crippen LogP contribution < -0.4 is 0 Å². The Labute approximate surface area is 177 Å². The average Bonchev–Trinajstić information content (AvgIpc) is 3.34. The Bertz CT molecular complexity index is 1170. The minimum absolute atomic E-state index is 0.0149. The van der Waals surface area contributed by atoms with Crippen molar-refractivity contribution < 1.29 is 9.18 Å². The Morgan fingerprint density at radius 3 is 2.53 bits per heavy atom. The van der Waals surface area contributed by atoms with Gasteiger partial charge in [0.2, 0.25) is 5.16 Å². The number of thioether (sulfide) groups is 1.